The Labute approximate surface area is 196 Å². The molecule has 1 aromatic heterocycles. The Morgan fingerprint density at radius 1 is 1.18 bits per heavy atom. The first-order chi connectivity index (χ1) is 16.0. The van der Waals surface area contributed by atoms with Gasteiger partial charge < -0.3 is 18.9 Å². The molecule has 9 heteroatoms. The Bertz CT molecular complexity index is 1210. The topological polar surface area (TPSA) is 76.9 Å². The highest BCUT2D eigenvalue weighted by Crippen LogP contribution is 2.32. The van der Waals surface area contributed by atoms with E-state index in [1.165, 1.54) is 0 Å². The van der Waals surface area contributed by atoms with E-state index in [0.29, 0.717) is 23.9 Å². The summed E-state index contributed by atoms with van der Waals surface area (Å²) in [5.74, 6) is 0.805. The van der Waals surface area contributed by atoms with Crippen LogP contribution in [-0.4, -0.2) is 64.9 Å². The third kappa shape index (κ3) is 4.16. The molecule has 2 aromatic carbocycles. The number of carbonyl (C=O) groups excluding carboxylic acids is 2. The monoisotopic (exact) mass is 468 g/mol. The van der Waals surface area contributed by atoms with Crippen molar-refractivity contribution in [1.82, 2.24) is 14.5 Å². The van der Waals surface area contributed by atoms with Crippen molar-refractivity contribution >= 4 is 40.3 Å². The molecule has 33 heavy (non-hydrogen) atoms. The van der Waals surface area contributed by atoms with Gasteiger partial charge in [-0.1, -0.05) is 36.7 Å². The van der Waals surface area contributed by atoms with Crippen molar-refractivity contribution in [3.05, 3.63) is 59.4 Å². The minimum Gasteiger partial charge on any atom is -0.436 e. The molecule has 5 rings (SSSR count). The lowest BCUT2D eigenvalue weighted by molar-refractivity contribution is -0.133. The minimum atomic E-state index is -0.934. The summed E-state index contributed by atoms with van der Waals surface area (Å²) in [7, 11) is 0. The summed E-state index contributed by atoms with van der Waals surface area (Å²) in [6.45, 7) is 3.79. The largest absolute Gasteiger partial charge is 0.436 e. The summed E-state index contributed by atoms with van der Waals surface area (Å²) in [6, 6.07) is 14.9. The summed E-state index contributed by atoms with van der Waals surface area (Å²) >= 11 is 6.11. The lowest BCUT2D eigenvalue weighted by Crippen LogP contribution is -2.50. The summed E-state index contributed by atoms with van der Waals surface area (Å²) in [4.78, 5) is 34.1. The maximum absolute atomic E-state index is 13.4. The van der Waals surface area contributed by atoms with Gasteiger partial charge in [0.05, 0.1) is 37.3 Å². The summed E-state index contributed by atoms with van der Waals surface area (Å²) in [5, 5.41) is 0.537. The van der Waals surface area contributed by atoms with E-state index >= 15 is 0 Å². The van der Waals surface area contributed by atoms with Gasteiger partial charge in [-0.25, -0.2) is 9.78 Å². The molecular weight excluding hydrogens is 444 g/mol. The normalized spacial score (nSPS) is 21.0. The van der Waals surface area contributed by atoms with E-state index < -0.39 is 11.7 Å². The highest BCUT2D eigenvalue weighted by Gasteiger charge is 2.49. The molecule has 2 aliphatic rings. The molecule has 0 N–H and O–H groups in total. The predicted octanol–water partition coefficient (Wildman–Crippen LogP) is 3.51. The number of amides is 2. The average molecular weight is 469 g/mol. The number of imidazole rings is 1. The Morgan fingerprint density at radius 2 is 2.03 bits per heavy atom. The molecular formula is C24H25ClN4O4. The van der Waals surface area contributed by atoms with Crippen LogP contribution in [0.2, 0.25) is 5.02 Å². The van der Waals surface area contributed by atoms with E-state index in [1.54, 1.807) is 28.0 Å². The van der Waals surface area contributed by atoms with Gasteiger partial charge in [0.25, 0.3) is 0 Å². The molecule has 0 bridgehead atoms. The van der Waals surface area contributed by atoms with Crippen LogP contribution in [0.1, 0.15) is 12.7 Å². The number of hydrogen-bond donors (Lipinski definition) is 0. The smallest absolute Gasteiger partial charge is 0.415 e. The number of carbonyl (C=O) groups is 2. The fraction of sp³-hybridized carbons (Fsp3) is 0.375. The van der Waals surface area contributed by atoms with Crippen molar-refractivity contribution < 1.29 is 19.1 Å². The SMILES string of the molecule is CCc1nc2ccccc2n1CC(=O)N1CCOCC2(C1)CN(c1cccc(Cl)c1)C(=O)O2. The van der Waals surface area contributed by atoms with Gasteiger partial charge in [0, 0.05) is 23.7 Å². The Morgan fingerprint density at radius 3 is 2.85 bits per heavy atom. The minimum absolute atomic E-state index is 0.0602. The molecule has 2 fully saturated rings. The molecule has 1 unspecified atom stereocenters. The van der Waals surface area contributed by atoms with Crippen LogP contribution in [0.15, 0.2) is 48.5 Å². The number of benzene rings is 2. The number of aromatic nitrogens is 2. The summed E-state index contributed by atoms with van der Waals surface area (Å²) < 4.78 is 13.6. The maximum atomic E-state index is 13.4. The quantitative estimate of drug-likeness (QED) is 0.585. The van der Waals surface area contributed by atoms with Crippen molar-refractivity contribution in [2.24, 2.45) is 0 Å². The Kier molecular flexibility index (Phi) is 5.72. The molecule has 0 aliphatic carbocycles. The van der Waals surface area contributed by atoms with Gasteiger partial charge in [0.15, 0.2) is 5.60 Å². The van der Waals surface area contributed by atoms with Gasteiger partial charge in [-0.2, -0.15) is 0 Å². The molecule has 1 atom stereocenters. The third-order valence-corrected chi connectivity index (χ3v) is 6.37. The van der Waals surface area contributed by atoms with Gasteiger partial charge >= 0.3 is 6.09 Å². The number of nitrogens with zero attached hydrogens (tertiary/aromatic N) is 4. The van der Waals surface area contributed by atoms with E-state index in [0.717, 1.165) is 23.3 Å². The Balaban J connectivity index is 1.37. The first-order valence-electron chi connectivity index (χ1n) is 11.0. The lowest BCUT2D eigenvalue weighted by atomic mass is 10.0. The van der Waals surface area contributed by atoms with Crippen LogP contribution < -0.4 is 4.90 Å². The molecule has 172 valence electrons. The zero-order chi connectivity index (χ0) is 23.0. The molecule has 3 aromatic rings. The molecule has 0 radical (unpaired) electrons. The first-order valence-corrected chi connectivity index (χ1v) is 11.4. The van der Waals surface area contributed by atoms with Crippen molar-refractivity contribution in [3.8, 4) is 0 Å². The van der Waals surface area contributed by atoms with Crippen LogP contribution in [0.3, 0.4) is 0 Å². The predicted molar refractivity (Wildman–Crippen MR) is 125 cm³/mol. The van der Waals surface area contributed by atoms with E-state index in [2.05, 4.69) is 4.98 Å². The molecule has 1 spiro atoms. The number of hydrogen-bond acceptors (Lipinski definition) is 5. The number of ether oxygens (including phenoxy) is 2. The van der Waals surface area contributed by atoms with Gasteiger partial charge in [-0.05, 0) is 30.3 Å². The summed E-state index contributed by atoms with van der Waals surface area (Å²) in [5.41, 5.74) is 1.53. The molecule has 0 saturated carbocycles. The van der Waals surface area contributed by atoms with Crippen LogP contribution >= 0.6 is 11.6 Å². The number of para-hydroxylation sites is 2. The van der Waals surface area contributed by atoms with Gasteiger partial charge in [0.2, 0.25) is 5.91 Å². The van der Waals surface area contributed by atoms with E-state index in [1.807, 2.05) is 41.8 Å². The van der Waals surface area contributed by atoms with Crippen LogP contribution in [0.5, 0.6) is 0 Å². The van der Waals surface area contributed by atoms with Gasteiger partial charge in [-0.15, -0.1) is 0 Å². The van der Waals surface area contributed by atoms with E-state index in [9.17, 15) is 9.59 Å². The zero-order valence-corrected chi connectivity index (χ0v) is 19.1. The van der Waals surface area contributed by atoms with Crippen LogP contribution in [0.25, 0.3) is 11.0 Å². The third-order valence-electron chi connectivity index (χ3n) is 6.14. The van der Waals surface area contributed by atoms with E-state index in [-0.39, 0.29) is 32.1 Å². The van der Waals surface area contributed by atoms with Crippen LogP contribution in [0, 0.1) is 0 Å². The lowest BCUT2D eigenvalue weighted by Gasteiger charge is -2.30. The molecule has 2 amide bonds. The highest BCUT2D eigenvalue weighted by molar-refractivity contribution is 6.30. The molecule has 2 saturated heterocycles. The molecule has 2 aliphatic heterocycles. The van der Waals surface area contributed by atoms with Crippen LogP contribution in [0.4, 0.5) is 10.5 Å². The number of halogens is 1. The standard InChI is InChI=1S/C24H25ClN4O4/c1-2-21-26-19-8-3-4-9-20(19)28(21)13-22(30)27-10-11-32-16-24(14-27)15-29(23(31)33-24)18-7-5-6-17(25)12-18/h3-9,12H,2,10-11,13-16H2,1H3. The number of fused-ring (bicyclic) bond motifs is 1. The fourth-order valence-corrected chi connectivity index (χ4v) is 4.73. The Hall–Kier alpha value is -3.10. The van der Waals surface area contributed by atoms with Gasteiger partial charge in [-0.3, -0.25) is 9.69 Å². The summed E-state index contributed by atoms with van der Waals surface area (Å²) in [6.07, 6.45) is 0.255. The van der Waals surface area contributed by atoms with E-state index in [4.69, 9.17) is 21.1 Å². The van der Waals surface area contributed by atoms with Crippen LogP contribution in [-0.2, 0) is 27.2 Å². The second-order valence-electron chi connectivity index (χ2n) is 8.44. The number of rotatable bonds is 4. The van der Waals surface area contributed by atoms with Gasteiger partial charge in [0.1, 0.15) is 12.4 Å². The van der Waals surface area contributed by atoms with Crippen molar-refractivity contribution in [2.75, 3.05) is 37.7 Å². The average Bonchev–Trinajstić information content (AvgIpc) is 3.24. The molecule has 3 heterocycles. The second kappa shape index (κ2) is 8.68. The zero-order valence-electron chi connectivity index (χ0n) is 18.4. The fourth-order valence-electron chi connectivity index (χ4n) is 4.55. The number of anilines is 1. The number of aryl methyl sites for hydroxylation is 1. The van der Waals surface area contributed by atoms with Crippen molar-refractivity contribution in [2.45, 2.75) is 25.5 Å². The second-order valence-corrected chi connectivity index (χ2v) is 8.88. The maximum Gasteiger partial charge on any atom is 0.415 e. The van der Waals surface area contributed by atoms with Crippen molar-refractivity contribution in [3.63, 3.8) is 0 Å². The van der Waals surface area contributed by atoms with Crippen molar-refractivity contribution in [1.29, 1.82) is 0 Å². The molecule has 8 nitrogen and oxygen atoms in total. The highest BCUT2D eigenvalue weighted by atomic mass is 35.5. The first kappa shape index (κ1) is 21.7.